The molecule has 6 heteroatoms. The summed E-state index contributed by atoms with van der Waals surface area (Å²) in [4.78, 5) is 0. The van der Waals surface area contributed by atoms with Gasteiger partial charge in [-0.3, -0.25) is 0 Å². The van der Waals surface area contributed by atoms with Crippen LogP contribution in [0.2, 0.25) is 0 Å². The van der Waals surface area contributed by atoms with Gasteiger partial charge in [0.1, 0.15) is 5.82 Å². The van der Waals surface area contributed by atoms with E-state index in [0.717, 1.165) is 42.2 Å². The van der Waals surface area contributed by atoms with Gasteiger partial charge in [0.05, 0.1) is 5.56 Å². The molecule has 1 fully saturated rings. The maximum atomic E-state index is 15.2. The second kappa shape index (κ2) is 13.3. The van der Waals surface area contributed by atoms with Crippen LogP contribution in [0.5, 0.6) is 5.75 Å². The molecule has 0 aromatic heterocycles. The molecule has 0 saturated heterocycles. The first-order valence-electron chi connectivity index (χ1n) is 14.0. The summed E-state index contributed by atoms with van der Waals surface area (Å²) < 4.78 is 69.7. The highest BCUT2D eigenvalue weighted by Crippen LogP contribution is 2.35. The number of halogens is 5. The van der Waals surface area contributed by atoms with E-state index < -0.39 is 23.7 Å². The summed E-state index contributed by atoms with van der Waals surface area (Å²) in [7, 11) is 0. The third-order valence-electron chi connectivity index (χ3n) is 7.79. The highest BCUT2D eigenvalue weighted by Gasteiger charge is 2.32. The van der Waals surface area contributed by atoms with Gasteiger partial charge >= 0.3 is 6.36 Å². The van der Waals surface area contributed by atoms with Crippen molar-refractivity contribution in [1.29, 1.82) is 0 Å². The van der Waals surface area contributed by atoms with Crippen LogP contribution < -0.4 is 4.74 Å². The van der Waals surface area contributed by atoms with Gasteiger partial charge in [-0.2, -0.15) is 0 Å². The summed E-state index contributed by atoms with van der Waals surface area (Å²) in [6, 6.07) is 12.1. The highest BCUT2D eigenvalue weighted by atomic mass is 19.4. The van der Waals surface area contributed by atoms with Crippen molar-refractivity contribution < 1.29 is 26.7 Å². The van der Waals surface area contributed by atoms with E-state index in [1.54, 1.807) is 12.1 Å². The van der Waals surface area contributed by atoms with E-state index >= 15 is 4.39 Å². The molecule has 208 valence electrons. The largest absolute Gasteiger partial charge is 0.573 e. The molecule has 3 aromatic carbocycles. The van der Waals surface area contributed by atoms with Crippen molar-refractivity contribution in [2.24, 2.45) is 11.8 Å². The number of aryl methyl sites for hydroxylation is 1. The average molecular weight is 543 g/mol. The van der Waals surface area contributed by atoms with Gasteiger partial charge in [-0.25, -0.2) is 8.78 Å². The third-order valence-corrected chi connectivity index (χ3v) is 7.79. The predicted molar refractivity (Wildman–Crippen MR) is 145 cm³/mol. The average Bonchev–Trinajstić information content (AvgIpc) is 2.91. The van der Waals surface area contributed by atoms with Crippen LogP contribution in [0.1, 0.15) is 87.8 Å². The summed E-state index contributed by atoms with van der Waals surface area (Å²) in [5.74, 6) is 4.35. The molecule has 1 aliphatic carbocycles. The van der Waals surface area contributed by atoms with Crippen molar-refractivity contribution in [1.82, 2.24) is 0 Å². The first kappa shape index (κ1) is 28.9. The topological polar surface area (TPSA) is 9.23 Å². The van der Waals surface area contributed by atoms with Crippen LogP contribution in [0.15, 0.2) is 48.5 Å². The Hall–Kier alpha value is -3.07. The summed E-state index contributed by atoms with van der Waals surface area (Å²) in [5, 5.41) is 1.25. The number of fused-ring (bicyclic) bond motifs is 1. The first-order chi connectivity index (χ1) is 18.7. The van der Waals surface area contributed by atoms with Gasteiger partial charge in [0.2, 0.25) is 0 Å². The predicted octanol–water partition coefficient (Wildman–Crippen LogP) is 10.1. The molecule has 1 saturated carbocycles. The Morgan fingerprint density at radius 2 is 1.56 bits per heavy atom. The van der Waals surface area contributed by atoms with Crippen LogP contribution in [0.4, 0.5) is 22.0 Å². The fourth-order valence-corrected chi connectivity index (χ4v) is 5.56. The van der Waals surface area contributed by atoms with Crippen molar-refractivity contribution in [3.8, 4) is 17.6 Å². The second-order valence-electron chi connectivity index (χ2n) is 10.7. The minimum Gasteiger partial charge on any atom is -0.403 e. The summed E-state index contributed by atoms with van der Waals surface area (Å²) >= 11 is 0. The molecule has 0 unspecified atom stereocenters. The molecule has 0 bridgehead atoms. The zero-order chi connectivity index (χ0) is 27.8. The van der Waals surface area contributed by atoms with E-state index in [0.29, 0.717) is 5.39 Å². The van der Waals surface area contributed by atoms with E-state index in [9.17, 15) is 17.6 Å². The van der Waals surface area contributed by atoms with Crippen LogP contribution in [0.3, 0.4) is 0 Å². The normalized spacial score (nSPS) is 17.6. The Kier molecular flexibility index (Phi) is 9.88. The number of unbranched alkanes of at least 4 members (excludes halogenated alkanes) is 3. The van der Waals surface area contributed by atoms with Crippen molar-refractivity contribution in [2.75, 3.05) is 0 Å². The van der Waals surface area contributed by atoms with Gasteiger partial charge in [0.25, 0.3) is 0 Å². The van der Waals surface area contributed by atoms with Crippen molar-refractivity contribution in [3.05, 3.63) is 76.9 Å². The van der Waals surface area contributed by atoms with E-state index in [2.05, 4.69) is 23.5 Å². The van der Waals surface area contributed by atoms with Crippen LogP contribution in [-0.2, 0) is 6.42 Å². The third kappa shape index (κ3) is 8.46. The molecule has 1 nitrogen and oxygen atoms in total. The standard InChI is InChI=1S/C33H35F5O/c1-2-3-4-5-6-23-7-9-24(10-8-23)11-12-25-14-19-29-28(21-25)18-17-27(32(29)35)16-13-26-15-20-31(30(34)22-26)39-33(36,37)38/h14-15,17-24H,2-12H2,1H3. The van der Waals surface area contributed by atoms with Crippen molar-refractivity contribution >= 4 is 10.8 Å². The number of hydrogen-bond acceptors (Lipinski definition) is 1. The van der Waals surface area contributed by atoms with Gasteiger partial charge in [-0.05, 0) is 59.9 Å². The van der Waals surface area contributed by atoms with E-state index in [-0.39, 0.29) is 11.1 Å². The molecular weight excluding hydrogens is 507 g/mol. The van der Waals surface area contributed by atoms with Crippen LogP contribution >= 0.6 is 0 Å². The fourth-order valence-electron chi connectivity index (χ4n) is 5.56. The summed E-state index contributed by atoms with van der Waals surface area (Å²) in [6.07, 6.45) is 9.22. The summed E-state index contributed by atoms with van der Waals surface area (Å²) in [6.45, 7) is 2.25. The maximum Gasteiger partial charge on any atom is 0.573 e. The van der Waals surface area contributed by atoms with Gasteiger partial charge in [-0.15, -0.1) is 13.2 Å². The maximum absolute atomic E-state index is 15.2. The molecule has 0 aliphatic heterocycles. The van der Waals surface area contributed by atoms with E-state index in [1.165, 1.54) is 69.4 Å². The Bertz CT molecular complexity index is 1310. The lowest BCUT2D eigenvalue weighted by molar-refractivity contribution is -0.275. The highest BCUT2D eigenvalue weighted by molar-refractivity contribution is 5.85. The second-order valence-corrected chi connectivity index (χ2v) is 10.7. The van der Waals surface area contributed by atoms with Gasteiger partial charge in [-0.1, -0.05) is 101 Å². The number of ether oxygens (including phenoxy) is 1. The number of benzene rings is 3. The summed E-state index contributed by atoms with van der Waals surface area (Å²) in [5.41, 5.74) is 1.44. The molecule has 0 atom stereocenters. The van der Waals surface area contributed by atoms with Crippen molar-refractivity contribution in [3.63, 3.8) is 0 Å². The molecule has 0 spiro atoms. The Morgan fingerprint density at radius 3 is 2.26 bits per heavy atom. The van der Waals surface area contributed by atoms with Gasteiger partial charge in [0.15, 0.2) is 11.6 Å². The number of rotatable bonds is 9. The van der Waals surface area contributed by atoms with Crippen LogP contribution in [0.25, 0.3) is 10.8 Å². The van der Waals surface area contributed by atoms with Crippen LogP contribution in [0, 0.1) is 35.3 Å². The molecule has 39 heavy (non-hydrogen) atoms. The monoisotopic (exact) mass is 542 g/mol. The Balaban J connectivity index is 1.34. The van der Waals surface area contributed by atoms with Crippen LogP contribution in [-0.4, -0.2) is 6.36 Å². The lowest BCUT2D eigenvalue weighted by Gasteiger charge is -2.28. The smallest absolute Gasteiger partial charge is 0.403 e. The minimum absolute atomic E-state index is 0.113. The zero-order valence-electron chi connectivity index (χ0n) is 22.3. The molecule has 0 heterocycles. The van der Waals surface area contributed by atoms with Gasteiger partial charge < -0.3 is 4.74 Å². The number of alkyl halides is 3. The molecule has 0 amide bonds. The molecular formula is C33H35F5O. The molecule has 4 rings (SSSR count). The molecule has 3 aromatic rings. The van der Waals surface area contributed by atoms with Crippen molar-refractivity contribution in [2.45, 2.75) is 83.9 Å². The van der Waals surface area contributed by atoms with E-state index in [4.69, 9.17) is 0 Å². The lowest BCUT2D eigenvalue weighted by atomic mass is 9.77. The minimum atomic E-state index is -4.99. The van der Waals surface area contributed by atoms with E-state index in [1.807, 2.05) is 18.2 Å². The lowest BCUT2D eigenvalue weighted by Crippen LogP contribution is -2.17. The molecule has 0 radical (unpaired) electrons. The Morgan fingerprint density at radius 1 is 0.821 bits per heavy atom. The SMILES string of the molecule is CCCCCCC1CCC(CCc2ccc3c(F)c(C#Cc4ccc(OC(F)(F)F)c(F)c4)ccc3c2)CC1. The Labute approximate surface area is 227 Å². The number of hydrogen-bond donors (Lipinski definition) is 0. The fraction of sp³-hybridized carbons (Fsp3) is 0.455. The molecule has 0 N–H and O–H groups in total. The molecule has 1 aliphatic rings. The zero-order valence-corrected chi connectivity index (χ0v) is 22.3. The van der Waals surface area contributed by atoms with Gasteiger partial charge in [0, 0.05) is 10.9 Å². The quantitative estimate of drug-likeness (QED) is 0.148. The first-order valence-corrected chi connectivity index (χ1v) is 14.0.